The van der Waals surface area contributed by atoms with Gasteiger partial charge in [-0.3, -0.25) is 0 Å². The topological polar surface area (TPSA) is 0 Å². The van der Waals surface area contributed by atoms with Crippen molar-refractivity contribution in [1.82, 2.24) is 0 Å². The summed E-state index contributed by atoms with van der Waals surface area (Å²) in [5.74, 6) is 1.41. The third kappa shape index (κ3) is 2.67. The Kier molecular flexibility index (Phi) is 3.06. The van der Waals surface area contributed by atoms with Crippen molar-refractivity contribution >= 4 is 0 Å². The van der Waals surface area contributed by atoms with Crippen LogP contribution in [0.15, 0.2) is 0 Å². The average molecular weight is 99.2 g/mol. The summed E-state index contributed by atoms with van der Waals surface area (Å²) in [6, 6.07) is 0. The van der Waals surface area contributed by atoms with E-state index >= 15 is 0 Å². The van der Waals surface area contributed by atoms with Crippen LogP contribution in [0.4, 0.5) is 0 Å². The fraction of sp³-hybridized carbons (Fsp3) is 0.857. The van der Waals surface area contributed by atoms with Gasteiger partial charge in [0.15, 0.2) is 0 Å². The van der Waals surface area contributed by atoms with E-state index in [1.54, 1.807) is 0 Å². The second-order valence-electron chi connectivity index (χ2n) is 2.41. The molecule has 0 aromatic carbocycles. The molecule has 0 rings (SSSR count). The molecule has 0 aromatic rings. The van der Waals surface area contributed by atoms with Crippen LogP contribution >= 0.6 is 0 Å². The van der Waals surface area contributed by atoms with E-state index in [4.69, 9.17) is 0 Å². The van der Waals surface area contributed by atoms with Crippen LogP contribution in [0.2, 0.25) is 0 Å². The molecule has 0 nitrogen and oxygen atoms in total. The van der Waals surface area contributed by atoms with Gasteiger partial charge in [-0.05, 0) is 18.8 Å². The first-order valence-electron chi connectivity index (χ1n) is 3.01. The van der Waals surface area contributed by atoms with Gasteiger partial charge in [0.2, 0.25) is 0 Å². The molecule has 1 atom stereocenters. The summed E-state index contributed by atoms with van der Waals surface area (Å²) in [5.41, 5.74) is 0. The summed E-state index contributed by atoms with van der Waals surface area (Å²) in [7, 11) is 0. The SMILES string of the molecule is [CH2][C@@H](CC)C(C)C. The zero-order valence-corrected chi connectivity index (χ0v) is 5.57. The van der Waals surface area contributed by atoms with Gasteiger partial charge in [-0.2, -0.15) is 0 Å². The molecule has 7 heavy (non-hydrogen) atoms. The van der Waals surface area contributed by atoms with Crippen LogP contribution in [-0.2, 0) is 0 Å². The lowest BCUT2D eigenvalue weighted by Gasteiger charge is -2.10. The summed E-state index contributed by atoms with van der Waals surface area (Å²) in [6.07, 6.45) is 1.21. The maximum atomic E-state index is 3.96. The van der Waals surface area contributed by atoms with E-state index in [1.807, 2.05) is 0 Å². The zero-order chi connectivity index (χ0) is 5.86. The maximum Gasteiger partial charge on any atom is -0.0394 e. The van der Waals surface area contributed by atoms with Gasteiger partial charge in [-0.15, -0.1) is 0 Å². The molecule has 0 N–H and O–H groups in total. The molecule has 0 aliphatic heterocycles. The van der Waals surface area contributed by atoms with E-state index in [-0.39, 0.29) is 0 Å². The minimum absolute atomic E-state index is 0.653. The molecule has 1 radical (unpaired) electrons. The molecule has 0 amide bonds. The highest BCUT2D eigenvalue weighted by Crippen LogP contribution is 2.11. The fourth-order valence-corrected chi connectivity index (χ4v) is 0.471. The number of hydrogen-bond donors (Lipinski definition) is 0. The van der Waals surface area contributed by atoms with Gasteiger partial charge < -0.3 is 0 Å². The summed E-state index contributed by atoms with van der Waals surface area (Å²) >= 11 is 0. The van der Waals surface area contributed by atoms with E-state index in [9.17, 15) is 0 Å². The van der Waals surface area contributed by atoms with Gasteiger partial charge in [-0.25, -0.2) is 0 Å². The van der Waals surface area contributed by atoms with Gasteiger partial charge in [0, 0.05) is 0 Å². The lowest BCUT2D eigenvalue weighted by Crippen LogP contribution is -2.00. The van der Waals surface area contributed by atoms with E-state index in [1.165, 1.54) is 6.42 Å². The number of rotatable bonds is 2. The minimum atomic E-state index is 0.653. The second kappa shape index (κ2) is 3.06. The van der Waals surface area contributed by atoms with Crippen molar-refractivity contribution < 1.29 is 0 Å². The van der Waals surface area contributed by atoms with Crippen molar-refractivity contribution in [2.24, 2.45) is 11.8 Å². The molecule has 0 saturated heterocycles. The van der Waals surface area contributed by atoms with Gasteiger partial charge in [0.1, 0.15) is 0 Å². The van der Waals surface area contributed by atoms with Crippen LogP contribution < -0.4 is 0 Å². The Hall–Kier alpha value is 0. The molecular weight excluding hydrogens is 84.1 g/mol. The van der Waals surface area contributed by atoms with Gasteiger partial charge in [-0.1, -0.05) is 27.2 Å². The van der Waals surface area contributed by atoms with Crippen LogP contribution in [0.25, 0.3) is 0 Å². The standard InChI is InChI=1S/C7H15/c1-5-7(4)6(2)3/h6-7H,4-5H2,1-3H3/t7-/m0/s1. The largest absolute Gasteiger partial charge is 0.0651 e. The Morgan fingerprint density at radius 2 is 1.86 bits per heavy atom. The van der Waals surface area contributed by atoms with Crippen LogP contribution in [0.3, 0.4) is 0 Å². The summed E-state index contributed by atoms with van der Waals surface area (Å²) in [4.78, 5) is 0. The molecule has 0 spiro atoms. The van der Waals surface area contributed by atoms with Crippen LogP contribution in [-0.4, -0.2) is 0 Å². The molecule has 0 heteroatoms. The van der Waals surface area contributed by atoms with Crippen molar-refractivity contribution in [2.45, 2.75) is 27.2 Å². The Bertz CT molecular complexity index is 37.3. The zero-order valence-electron chi connectivity index (χ0n) is 5.57. The fourth-order valence-electron chi connectivity index (χ4n) is 0.471. The predicted octanol–water partition coefficient (Wildman–Crippen LogP) is 2.50. The lowest BCUT2D eigenvalue weighted by atomic mass is 9.96. The van der Waals surface area contributed by atoms with Crippen molar-refractivity contribution in [2.75, 3.05) is 0 Å². The normalized spacial score (nSPS) is 15.0. The molecule has 0 bridgehead atoms. The van der Waals surface area contributed by atoms with Crippen LogP contribution in [0.1, 0.15) is 27.2 Å². The quantitative estimate of drug-likeness (QED) is 0.499. The molecule has 0 aliphatic rings. The smallest absolute Gasteiger partial charge is 0.0394 e. The predicted molar refractivity (Wildman–Crippen MR) is 34.0 cm³/mol. The first kappa shape index (κ1) is 7.00. The monoisotopic (exact) mass is 99.1 g/mol. The maximum absolute atomic E-state index is 3.96. The molecule has 0 heterocycles. The number of hydrogen-bond acceptors (Lipinski definition) is 0. The molecule has 0 unspecified atom stereocenters. The Labute approximate surface area is 46.9 Å². The summed E-state index contributed by atoms with van der Waals surface area (Å²) < 4.78 is 0. The first-order chi connectivity index (χ1) is 3.18. The van der Waals surface area contributed by atoms with Gasteiger partial charge >= 0.3 is 0 Å². The van der Waals surface area contributed by atoms with Crippen LogP contribution in [0, 0.1) is 18.8 Å². The second-order valence-corrected chi connectivity index (χ2v) is 2.41. The first-order valence-corrected chi connectivity index (χ1v) is 3.01. The molecule has 0 saturated carbocycles. The van der Waals surface area contributed by atoms with Crippen molar-refractivity contribution in [3.63, 3.8) is 0 Å². The van der Waals surface area contributed by atoms with E-state index < -0.39 is 0 Å². The summed E-state index contributed by atoms with van der Waals surface area (Å²) in [5, 5.41) is 0. The highest BCUT2D eigenvalue weighted by molar-refractivity contribution is 4.61. The molecule has 43 valence electrons. The van der Waals surface area contributed by atoms with E-state index in [0.29, 0.717) is 5.92 Å². The third-order valence-corrected chi connectivity index (χ3v) is 1.47. The molecule has 0 aliphatic carbocycles. The molecular formula is C7H15. The minimum Gasteiger partial charge on any atom is -0.0651 e. The van der Waals surface area contributed by atoms with Crippen molar-refractivity contribution in [3.8, 4) is 0 Å². The molecule has 0 fully saturated rings. The highest BCUT2D eigenvalue weighted by atomic mass is 14.1. The van der Waals surface area contributed by atoms with Gasteiger partial charge in [0.25, 0.3) is 0 Å². The lowest BCUT2D eigenvalue weighted by molar-refractivity contribution is 0.449. The third-order valence-electron chi connectivity index (χ3n) is 1.47. The van der Waals surface area contributed by atoms with Crippen LogP contribution in [0.5, 0.6) is 0 Å². The van der Waals surface area contributed by atoms with Crippen molar-refractivity contribution in [1.29, 1.82) is 0 Å². The Balaban J connectivity index is 3.14. The van der Waals surface area contributed by atoms with E-state index in [0.717, 1.165) is 5.92 Å². The summed E-state index contributed by atoms with van der Waals surface area (Å²) in [6.45, 7) is 10.6. The highest BCUT2D eigenvalue weighted by Gasteiger charge is 2.01. The molecule has 0 aromatic heterocycles. The van der Waals surface area contributed by atoms with E-state index in [2.05, 4.69) is 27.7 Å². The Morgan fingerprint density at radius 3 is 1.86 bits per heavy atom. The van der Waals surface area contributed by atoms with Gasteiger partial charge in [0.05, 0.1) is 0 Å². The van der Waals surface area contributed by atoms with Crippen molar-refractivity contribution in [3.05, 3.63) is 6.92 Å². The Morgan fingerprint density at radius 1 is 1.43 bits per heavy atom. The average Bonchev–Trinajstić information content (AvgIpc) is 1.65.